The predicted octanol–water partition coefficient (Wildman–Crippen LogP) is 5.70. The van der Waals surface area contributed by atoms with Gasteiger partial charge in [-0.2, -0.15) is 0 Å². The van der Waals surface area contributed by atoms with Crippen LogP contribution in [0.25, 0.3) is 11.1 Å². The second kappa shape index (κ2) is 7.50. The van der Waals surface area contributed by atoms with E-state index in [2.05, 4.69) is 19.9 Å². The van der Waals surface area contributed by atoms with Crippen LogP contribution in [0.2, 0.25) is 5.02 Å². The molecule has 0 fully saturated rings. The molecule has 1 atom stereocenters. The Morgan fingerprint density at radius 3 is 2.22 bits per heavy atom. The number of hydrogen-bond acceptors (Lipinski definition) is 2. The summed E-state index contributed by atoms with van der Waals surface area (Å²) >= 11 is 6.20. The Labute approximate surface area is 144 Å². The average Bonchev–Trinajstić information content (AvgIpc) is 2.52. The molecule has 23 heavy (non-hydrogen) atoms. The summed E-state index contributed by atoms with van der Waals surface area (Å²) in [5.74, 6) is 0.488. The van der Waals surface area contributed by atoms with Crippen LogP contribution >= 0.6 is 11.6 Å². The Balaban J connectivity index is 2.51. The summed E-state index contributed by atoms with van der Waals surface area (Å²) in [6.07, 6.45) is 4.56. The molecule has 0 aromatic heterocycles. The first-order valence-corrected chi connectivity index (χ1v) is 10.2. The van der Waals surface area contributed by atoms with Crippen molar-refractivity contribution in [1.82, 2.24) is 0 Å². The van der Waals surface area contributed by atoms with Crippen LogP contribution in [-0.2, 0) is 9.84 Å². The smallest absolute Gasteiger partial charge is 0.175 e. The molecule has 0 aliphatic rings. The van der Waals surface area contributed by atoms with Crippen LogP contribution in [0.4, 0.5) is 0 Å². The highest BCUT2D eigenvalue weighted by atomic mass is 35.5. The van der Waals surface area contributed by atoms with Gasteiger partial charge >= 0.3 is 0 Å². The Hall–Kier alpha value is -1.32. The van der Waals surface area contributed by atoms with Gasteiger partial charge in [-0.15, -0.1) is 0 Å². The SMILES string of the molecule is CCCC(CC)c1ccc(Cl)cc1-c1ccc(S(C)(=O)=O)cc1. The van der Waals surface area contributed by atoms with E-state index in [-0.39, 0.29) is 0 Å². The molecule has 0 saturated heterocycles. The van der Waals surface area contributed by atoms with Gasteiger partial charge in [0.1, 0.15) is 0 Å². The summed E-state index contributed by atoms with van der Waals surface area (Å²) in [5.41, 5.74) is 3.38. The number of benzene rings is 2. The first-order valence-electron chi connectivity index (χ1n) is 7.96. The van der Waals surface area contributed by atoms with Gasteiger partial charge in [-0.05, 0) is 59.7 Å². The Kier molecular flexibility index (Phi) is 5.88. The zero-order valence-corrected chi connectivity index (χ0v) is 15.4. The molecule has 0 saturated carbocycles. The van der Waals surface area contributed by atoms with Gasteiger partial charge in [0.2, 0.25) is 0 Å². The largest absolute Gasteiger partial charge is 0.224 e. The van der Waals surface area contributed by atoms with E-state index in [0.717, 1.165) is 30.4 Å². The van der Waals surface area contributed by atoms with Crippen LogP contribution in [0.1, 0.15) is 44.6 Å². The molecule has 2 rings (SSSR count). The summed E-state index contributed by atoms with van der Waals surface area (Å²) in [4.78, 5) is 0.338. The van der Waals surface area contributed by atoms with E-state index in [1.807, 2.05) is 24.3 Å². The second-order valence-corrected chi connectivity index (χ2v) is 8.37. The van der Waals surface area contributed by atoms with Crippen molar-refractivity contribution in [2.75, 3.05) is 6.26 Å². The average molecular weight is 351 g/mol. The van der Waals surface area contributed by atoms with Crippen molar-refractivity contribution in [3.8, 4) is 11.1 Å². The lowest BCUT2D eigenvalue weighted by Gasteiger charge is -2.19. The first-order chi connectivity index (χ1) is 10.9. The van der Waals surface area contributed by atoms with Gasteiger partial charge in [0.25, 0.3) is 0 Å². The molecule has 0 aliphatic heterocycles. The van der Waals surface area contributed by atoms with Crippen molar-refractivity contribution in [2.24, 2.45) is 0 Å². The van der Waals surface area contributed by atoms with Crippen molar-refractivity contribution < 1.29 is 8.42 Å². The minimum atomic E-state index is -3.18. The number of halogens is 1. The molecule has 0 aliphatic carbocycles. The Morgan fingerprint density at radius 1 is 1.04 bits per heavy atom. The van der Waals surface area contributed by atoms with Crippen molar-refractivity contribution in [3.05, 3.63) is 53.1 Å². The van der Waals surface area contributed by atoms with Gasteiger partial charge in [0.15, 0.2) is 9.84 Å². The summed E-state index contributed by atoms with van der Waals surface area (Å²) in [5, 5.41) is 0.697. The van der Waals surface area contributed by atoms with E-state index >= 15 is 0 Å². The maximum atomic E-state index is 11.6. The third-order valence-electron chi connectivity index (χ3n) is 4.18. The summed E-state index contributed by atoms with van der Waals surface area (Å²) in [6.45, 7) is 4.39. The van der Waals surface area contributed by atoms with Crippen LogP contribution in [0.3, 0.4) is 0 Å². The fraction of sp³-hybridized carbons (Fsp3) is 0.368. The lowest BCUT2D eigenvalue weighted by molar-refractivity contribution is 0.597. The Morgan fingerprint density at radius 2 is 1.70 bits per heavy atom. The quantitative estimate of drug-likeness (QED) is 0.669. The normalized spacial score (nSPS) is 13.0. The monoisotopic (exact) mass is 350 g/mol. The molecule has 4 heteroatoms. The minimum absolute atomic E-state index is 0.338. The molecule has 2 aromatic rings. The summed E-state index contributed by atoms with van der Waals surface area (Å²) in [7, 11) is -3.18. The molecule has 0 bridgehead atoms. The molecule has 0 spiro atoms. The van der Waals surface area contributed by atoms with Gasteiger partial charge in [0.05, 0.1) is 4.90 Å². The molecule has 2 aromatic carbocycles. The highest BCUT2D eigenvalue weighted by Gasteiger charge is 2.15. The van der Waals surface area contributed by atoms with E-state index in [4.69, 9.17) is 11.6 Å². The third-order valence-corrected chi connectivity index (χ3v) is 5.54. The molecular formula is C19H23ClO2S. The fourth-order valence-corrected chi connectivity index (χ4v) is 3.75. The van der Waals surface area contributed by atoms with E-state index < -0.39 is 9.84 Å². The maximum absolute atomic E-state index is 11.6. The van der Waals surface area contributed by atoms with Crippen LogP contribution in [0.5, 0.6) is 0 Å². The van der Waals surface area contributed by atoms with Gasteiger partial charge in [0, 0.05) is 11.3 Å². The molecule has 1 unspecified atom stereocenters. The number of rotatable bonds is 6. The predicted molar refractivity (Wildman–Crippen MR) is 97.9 cm³/mol. The van der Waals surface area contributed by atoms with E-state index in [1.54, 1.807) is 12.1 Å². The van der Waals surface area contributed by atoms with E-state index in [0.29, 0.717) is 15.8 Å². The number of hydrogen-bond donors (Lipinski definition) is 0. The van der Waals surface area contributed by atoms with Gasteiger partial charge < -0.3 is 0 Å². The van der Waals surface area contributed by atoms with Gasteiger partial charge in [-0.1, -0.05) is 50.1 Å². The van der Waals surface area contributed by atoms with Gasteiger partial charge in [-0.3, -0.25) is 0 Å². The molecule has 0 N–H and O–H groups in total. The maximum Gasteiger partial charge on any atom is 0.175 e. The molecule has 0 heterocycles. The molecular weight excluding hydrogens is 328 g/mol. The zero-order chi connectivity index (χ0) is 17.0. The summed E-state index contributed by atoms with van der Waals surface area (Å²) < 4.78 is 23.2. The third kappa shape index (κ3) is 4.36. The van der Waals surface area contributed by atoms with Crippen LogP contribution < -0.4 is 0 Å². The van der Waals surface area contributed by atoms with E-state index in [1.165, 1.54) is 11.8 Å². The van der Waals surface area contributed by atoms with E-state index in [9.17, 15) is 8.42 Å². The lowest BCUT2D eigenvalue weighted by atomic mass is 9.86. The van der Waals surface area contributed by atoms with Crippen LogP contribution in [0, 0.1) is 0 Å². The summed E-state index contributed by atoms with van der Waals surface area (Å²) in [6, 6.07) is 13.1. The van der Waals surface area contributed by atoms with Gasteiger partial charge in [-0.25, -0.2) is 8.42 Å². The van der Waals surface area contributed by atoms with Crippen molar-refractivity contribution in [2.45, 2.75) is 43.9 Å². The zero-order valence-electron chi connectivity index (χ0n) is 13.8. The van der Waals surface area contributed by atoms with Crippen LogP contribution in [0.15, 0.2) is 47.4 Å². The first kappa shape index (κ1) is 18.0. The fourth-order valence-electron chi connectivity index (χ4n) is 2.94. The topological polar surface area (TPSA) is 34.1 Å². The van der Waals surface area contributed by atoms with Crippen molar-refractivity contribution >= 4 is 21.4 Å². The highest BCUT2D eigenvalue weighted by molar-refractivity contribution is 7.90. The standard InChI is InChI=1S/C19H23ClO2S/c1-4-6-14(5-2)18-12-9-16(20)13-19(18)15-7-10-17(11-8-15)23(3,21)22/h7-14H,4-6H2,1-3H3. The molecule has 2 nitrogen and oxygen atoms in total. The minimum Gasteiger partial charge on any atom is -0.224 e. The highest BCUT2D eigenvalue weighted by Crippen LogP contribution is 2.35. The van der Waals surface area contributed by atoms with Crippen LogP contribution in [-0.4, -0.2) is 14.7 Å². The Bertz CT molecular complexity index is 764. The van der Waals surface area contributed by atoms with Crippen molar-refractivity contribution in [3.63, 3.8) is 0 Å². The lowest BCUT2D eigenvalue weighted by Crippen LogP contribution is -2.00. The molecule has 0 radical (unpaired) electrons. The molecule has 124 valence electrons. The van der Waals surface area contributed by atoms with Crippen molar-refractivity contribution in [1.29, 1.82) is 0 Å². The number of sulfone groups is 1. The molecule has 0 amide bonds. The second-order valence-electron chi connectivity index (χ2n) is 5.92.